The first-order chi connectivity index (χ1) is 13.2. The van der Waals surface area contributed by atoms with Gasteiger partial charge in [-0.05, 0) is 44.2 Å². The number of para-hydroxylation sites is 1. The fourth-order valence-electron chi connectivity index (χ4n) is 3.70. The van der Waals surface area contributed by atoms with E-state index in [1.807, 2.05) is 30.3 Å². The van der Waals surface area contributed by atoms with Crippen LogP contribution < -0.4 is 5.43 Å². The molecule has 2 aromatic rings. The van der Waals surface area contributed by atoms with Crippen LogP contribution in [0.15, 0.2) is 47.3 Å². The maximum atomic E-state index is 12.3. The summed E-state index contributed by atoms with van der Waals surface area (Å²) in [7, 11) is 2.08. The van der Waals surface area contributed by atoms with Crippen LogP contribution in [0, 0.1) is 0 Å². The molecular formula is C25H37NO. The molecule has 27 heavy (non-hydrogen) atoms. The third kappa shape index (κ3) is 7.36. The molecule has 1 heterocycles. The molecule has 0 aliphatic rings. The zero-order valence-corrected chi connectivity index (χ0v) is 17.4. The lowest BCUT2D eigenvalue weighted by molar-refractivity contribution is 0.576. The van der Waals surface area contributed by atoms with Gasteiger partial charge >= 0.3 is 0 Å². The Balaban J connectivity index is 1.59. The van der Waals surface area contributed by atoms with Crippen LogP contribution in [-0.2, 0) is 13.5 Å². The first-order valence-corrected chi connectivity index (χ1v) is 11.0. The lowest BCUT2D eigenvalue weighted by Gasteiger charge is -2.12. The van der Waals surface area contributed by atoms with Crippen LogP contribution in [0.5, 0.6) is 0 Å². The lowest BCUT2D eigenvalue weighted by atomic mass is 10.0. The Morgan fingerprint density at radius 1 is 0.852 bits per heavy atom. The van der Waals surface area contributed by atoms with Gasteiger partial charge in [0.25, 0.3) is 0 Å². The van der Waals surface area contributed by atoms with Crippen molar-refractivity contribution in [3.63, 3.8) is 0 Å². The summed E-state index contributed by atoms with van der Waals surface area (Å²) in [5.74, 6) is 0. The molecule has 0 N–H and O–H groups in total. The highest BCUT2D eigenvalue weighted by atomic mass is 16.1. The SMILES string of the molecule is CCCCC=CCCCCCCCCCc1cc(=O)c2ccccc2n1C. The average Bonchev–Trinajstić information content (AvgIpc) is 2.69. The van der Waals surface area contributed by atoms with Crippen LogP contribution in [0.4, 0.5) is 0 Å². The average molecular weight is 368 g/mol. The van der Waals surface area contributed by atoms with E-state index in [2.05, 4.69) is 30.7 Å². The highest BCUT2D eigenvalue weighted by Gasteiger charge is 2.05. The van der Waals surface area contributed by atoms with Crippen molar-refractivity contribution in [3.8, 4) is 0 Å². The van der Waals surface area contributed by atoms with E-state index in [-0.39, 0.29) is 5.43 Å². The fourth-order valence-corrected chi connectivity index (χ4v) is 3.70. The van der Waals surface area contributed by atoms with Crippen LogP contribution in [0.3, 0.4) is 0 Å². The molecule has 0 unspecified atom stereocenters. The van der Waals surface area contributed by atoms with Crippen LogP contribution in [0.2, 0.25) is 0 Å². The molecule has 0 aliphatic heterocycles. The summed E-state index contributed by atoms with van der Waals surface area (Å²) in [4.78, 5) is 12.3. The molecular weight excluding hydrogens is 330 g/mol. The van der Waals surface area contributed by atoms with E-state index in [9.17, 15) is 4.79 Å². The summed E-state index contributed by atoms with van der Waals surface area (Å²) >= 11 is 0. The van der Waals surface area contributed by atoms with E-state index in [1.54, 1.807) is 0 Å². The van der Waals surface area contributed by atoms with Crippen molar-refractivity contribution >= 4 is 10.9 Å². The summed E-state index contributed by atoms with van der Waals surface area (Å²) in [6.45, 7) is 2.25. The number of benzene rings is 1. The van der Waals surface area contributed by atoms with Crippen molar-refractivity contribution in [3.05, 3.63) is 58.4 Å². The van der Waals surface area contributed by atoms with Gasteiger partial charge < -0.3 is 4.57 Å². The first kappa shape index (κ1) is 21.5. The highest BCUT2D eigenvalue weighted by Crippen LogP contribution is 2.15. The van der Waals surface area contributed by atoms with Crippen molar-refractivity contribution in [2.75, 3.05) is 0 Å². The van der Waals surface area contributed by atoms with Gasteiger partial charge in [-0.15, -0.1) is 0 Å². The van der Waals surface area contributed by atoms with E-state index < -0.39 is 0 Å². The molecule has 1 aromatic heterocycles. The molecule has 0 spiro atoms. The van der Waals surface area contributed by atoms with E-state index in [4.69, 9.17) is 0 Å². The molecule has 0 amide bonds. The molecule has 148 valence electrons. The molecule has 2 nitrogen and oxygen atoms in total. The standard InChI is InChI=1S/C25H37NO/c1-3-4-5-6-7-8-9-10-11-12-13-14-15-18-22-21-25(27)23-19-16-17-20-24(23)26(22)2/h6-7,16-17,19-21H,3-5,8-15,18H2,1-2H3. The second-order valence-electron chi connectivity index (χ2n) is 7.70. The number of aryl methyl sites for hydroxylation is 2. The molecule has 0 bridgehead atoms. The van der Waals surface area contributed by atoms with Crippen molar-refractivity contribution in [1.29, 1.82) is 0 Å². The third-order valence-electron chi connectivity index (χ3n) is 5.45. The number of nitrogens with zero attached hydrogens (tertiary/aromatic N) is 1. The van der Waals surface area contributed by atoms with Gasteiger partial charge in [0.15, 0.2) is 5.43 Å². The Morgan fingerprint density at radius 3 is 2.22 bits per heavy atom. The molecule has 0 radical (unpaired) electrons. The molecule has 2 heteroatoms. The molecule has 0 atom stereocenters. The fraction of sp³-hybridized carbons (Fsp3) is 0.560. The minimum absolute atomic E-state index is 0.155. The second-order valence-corrected chi connectivity index (χ2v) is 7.70. The lowest BCUT2D eigenvalue weighted by Crippen LogP contribution is -2.11. The second kappa shape index (κ2) is 12.5. The summed E-state index contributed by atoms with van der Waals surface area (Å²) in [5, 5.41) is 0.823. The van der Waals surface area contributed by atoms with Crippen LogP contribution in [-0.4, -0.2) is 4.57 Å². The first-order valence-electron chi connectivity index (χ1n) is 11.0. The zero-order valence-electron chi connectivity index (χ0n) is 17.4. The monoisotopic (exact) mass is 367 g/mol. The minimum atomic E-state index is 0.155. The molecule has 0 aliphatic carbocycles. The largest absolute Gasteiger partial charge is 0.347 e. The predicted molar refractivity (Wildman–Crippen MR) is 118 cm³/mol. The van der Waals surface area contributed by atoms with E-state index in [1.165, 1.54) is 70.6 Å². The zero-order chi connectivity index (χ0) is 19.3. The Labute approximate surface area is 165 Å². The van der Waals surface area contributed by atoms with Gasteiger partial charge in [0.1, 0.15) is 0 Å². The van der Waals surface area contributed by atoms with Crippen molar-refractivity contribution in [1.82, 2.24) is 4.57 Å². The summed E-state index contributed by atoms with van der Waals surface area (Å²) in [6, 6.07) is 9.73. The Bertz CT molecular complexity index is 756. The maximum Gasteiger partial charge on any atom is 0.189 e. The van der Waals surface area contributed by atoms with Crippen molar-refractivity contribution in [2.45, 2.75) is 84.0 Å². The molecule has 0 fully saturated rings. The number of allylic oxidation sites excluding steroid dienone is 2. The molecule has 1 aromatic carbocycles. The van der Waals surface area contributed by atoms with E-state index in [0.717, 1.165) is 23.0 Å². The Kier molecular flexibility index (Phi) is 9.97. The van der Waals surface area contributed by atoms with Gasteiger partial charge in [-0.1, -0.05) is 76.2 Å². The molecule has 2 rings (SSSR count). The number of hydrogen-bond donors (Lipinski definition) is 0. The van der Waals surface area contributed by atoms with Gasteiger partial charge in [-0.2, -0.15) is 0 Å². The number of rotatable bonds is 13. The summed E-state index contributed by atoms with van der Waals surface area (Å²) < 4.78 is 2.19. The predicted octanol–water partition coefficient (Wildman–Crippen LogP) is 6.95. The van der Waals surface area contributed by atoms with E-state index in [0.29, 0.717) is 0 Å². The van der Waals surface area contributed by atoms with Crippen LogP contribution in [0.1, 0.15) is 83.2 Å². The molecule has 0 saturated heterocycles. The quantitative estimate of drug-likeness (QED) is 0.277. The summed E-state index contributed by atoms with van der Waals surface area (Å²) in [6.07, 6.45) is 20.0. The summed E-state index contributed by atoms with van der Waals surface area (Å²) in [5.41, 5.74) is 2.36. The van der Waals surface area contributed by atoms with Gasteiger partial charge in [0.05, 0.1) is 5.52 Å². The topological polar surface area (TPSA) is 22.0 Å². The number of pyridine rings is 1. The minimum Gasteiger partial charge on any atom is -0.347 e. The van der Waals surface area contributed by atoms with Gasteiger partial charge in [0.2, 0.25) is 0 Å². The van der Waals surface area contributed by atoms with E-state index >= 15 is 0 Å². The highest BCUT2D eigenvalue weighted by molar-refractivity contribution is 5.79. The smallest absolute Gasteiger partial charge is 0.189 e. The van der Waals surface area contributed by atoms with Gasteiger partial charge in [-0.25, -0.2) is 0 Å². The third-order valence-corrected chi connectivity index (χ3v) is 5.45. The van der Waals surface area contributed by atoms with Crippen LogP contribution in [0.25, 0.3) is 10.9 Å². The maximum absolute atomic E-state index is 12.3. The Hall–Kier alpha value is -1.83. The Morgan fingerprint density at radius 2 is 1.48 bits per heavy atom. The number of unbranched alkanes of at least 4 members (excludes halogenated alkanes) is 9. The molecule has 0 saturated carbocycles. The number of aromatic nitrogens is 1. The number of hydrogen-bond acceptors (Lipinski definition) is 1. The van der Waals surface area contributed by atoms with Gasteiger partial charge in [0, 0.05) is 24.2 Å². The van der Waals surface area contributed by atoms with Crippen molar-refractivity contribution < 1.29 is 0 Å². The number of fused-ring (bicyclic) bond motifs is 1. The van der Waals surface area contributed by atoms with Gasteiger partial charge in [-0.3, -0.25) is 4.79 Å². The normalized spacial score (nSPS) is 11.6. The van der Waals surface area contributed by atoms with Crippen molar-refractivity contribution in [2.24, 2.45) is 7.05 Å². The van der Waals surface area contributed by atoms with Crippen LogP contribution >= 0.6 is 0 Å².